The SMILES string of the molecule is CC1NC(=O)[C@H](CSC(N)=[NH2+])NC1=O. The second-order valence-corrected chi connectivity index (χ2v) is 4.10. The maximum atomic E-state index is 11.3. The first kappa shape index (κ1) is 10.8. The summed E-state index contributed by atoms with van der Waals surface area (Å²) in [5, 5.41) is 10.5. The standard InChI is InChI=1S/C7H12N4O2S/c1-3-5(12)11-4(6(13)10-3)2-14-7(8)9/h3-4H,2H2,1H3,(H3,8,9)(H,10,13)(H,11,12)/p+1/t3?,4-/m0/s1. The Kier molecular flexibility index (Phi) is 3.34. The van der Waals surface area contributed by atoms with E-state index in [1.807, 2.05) is 0 Å². The van der Waals surface area contributed by atoms with Crippen molar-refractivity contribution in [3.8, 4) is 0 Å². The fourth-order valence-electron chi connectivity index (χ4n) is 1.04. The topological polar surface area (TPSA) is 110 Å². The van der Waals surface area contributed by atoms with E-state index in [-0.39, 0.29) is 17.0 Å². The van der Waals surface area contributed by atoms with E-state index in [2.05, 4.69) is 10.6 Å². The molecule has 1 saturated heterocycles. The Hall–Kier alpha value is -1.24. The molecule has 0 aromatic carbocycles. The number of hydrogen-bond donors (Lipinski definition) is 4. The Morgan fingerprint density at radius 2 is 2.14 bits per heavy atom. The zero-order valence-corrected chi connectivity index (χ0v) is 8.56. The van der Waals surface area contributed by atoms with Gasteiger partial charge >= 0.3 is 0 Å². The molecule has 2 amide bonds. The van der Waals surface area contributed by atoms with Crippen molar-refractivity contribution in [2.24, 2.45) is 5.73 Å². The molecule has 1 fully saturated rings. The summed E-state index contributed by atoms with van der Waals surface area (Å²) in [4.78, 5) is 22.5. The maximum Gasteiger partial charge on any atom is 0.299 e. The average molecular weight is 217 g/mol. The van der Waals surface area contributed by atoms with Crippen LogP contribution in [0, 0.1) is 0 Å². The van der Waals surface area contributed by atoms with Crippen LogP contribution in [0.1, 0.15) is 6.92 Å². The first-order chi connectivity index (χ1) is 6.50. The third-order valence-corrected chi connectivity index (χ3v) is 2.64. The highest BCUT2D eigenvalue weighted by Crippen LogP contribution is 2.04. The molecule has 7 heteroatoms. The molecule has 1 unspecified atom stereocenters. The van der Waals surface area contributed by atoms with Gasteiger partial charge in [-0.2, -0.15) is 0 Å². The number of amides is 2. The van der Waals surface area contributed by atoms with Crippen LogP contribution in [-0.4, -0.2) is 34.8 Å². The summed E-state index contributed by atoms with van der Waals surface area (Å²) in [5.74, 6) is -0.0382. The molecule has 0 bridgehead atoms. The summed E-state index contributed by atoms with van der Waals surface area (Å²) in [5.41, 5.74) is 5.23. The van der Waals surface area contributed by atoms with Crippen molar-refractivity contribution in [3.63, 3.8) is 0 Å². The van der Waals surface area contributed by atoms with Gasteiger partial charge < -0.3 is 10.6 Å². The lowest BCUT2D eigenvalue weighted by Gasteiger charge is -2.26. The van der Waals surface area contributed by atoms with E-state index >= 15 is 0 Å². The van der Waals surface area contributed by atoms with Gasteiger partial charge in [0.2, 0.25) is 11.8 Å². The number of rotatable bonds is 2. The normalized spacial score (nSPS) is 26.6. The predicted octanol–water partition coefficient (Wildman–Crippen LogP) is -3.20. The first-order valence-corrected chi connectivity index (χ1v) is 5.10. The summed E-state index contributed by atoms with van der Waals surface area (Å²) in [7, 11) is 0. The van der Waals surface area contributed by atoms with E-state index in [9.17, 15) is 9.59 Å². The highest BCUT2D eigenvalue weighted by Gasteiger charge is 2.31. The van der Waals surface area contributed by atoms with E-state index in [4.69, 9.17) is 11.1 Å². The van der Waals surface area contributed by atoms with Crippen LogP contribution >= 0.6 is 11.8 Å². The minimum atomic E-state index is -0.550. The molecule has 0 aromatic heterocycles. The van der Waals surface area contributed by atoms with E-state index in [1.54, 1.807) is 6.92 Å². The van der Waals surface area contributed by atoms with Gasteiger partial charge in [0.25, 0.3) is 5.17 Å². The number of piperazine rings is 1. The molecule has 78 valence electrons. The molecule has 0 spiro atoms. The highest BCUT2D eigenvalue weighted by molar-refractivity contribution is 8.13. The number of carbonyl (C=O) groups is 2. The lowest BCUT2D eigenvalue weighted by Crippen LogP contribution is -2.61. The zero-order valence-electron chi connectivity index (χ0n) is 7.74. The molecule has 6 N–H and O–H groups in total. The van der Waals surface area contributed by atoms with Gasteiger partial charge in [-0.25, -0.2) is 0 Å². The summed E-state index contributed by atoms with van der Waals surface area (Å²) in [6, 6.07) is -1.02. The number of nitrogens with one attached hydrogen (secondary N) is 2. The lowest BCUT2D eigenvalue weighted by atomic mass is 10.2. The Bertz CT molecular complexity index is 281. The van der Waals surface area contributed by atoms with Crippen LogP contribution in [0.5, 0.6) is 0 Å². The molecule has 0 saturated carbocycles. The second-order valence-electron chi connectivity index (χ2n) is 3.00. The largest absolute Gasteiger partial charge is 0.343 e. The Labute approximate surface area is 85.5 Å². The molecule has 0 radical (unpaired) electrons. The fourth-order valence-corrected chi connectivity index (χ4v) is 1.63. The Morgan fingerprint density at radius 3 is 2.71 bits per heavy atom. The minimum Gasteiger partial charge on any atom is -0.343 e. The van der Waals surface area contributed by atoms with E-state index < -0.39 is 12.1 Å². The number of nitrogens with two attached hydrogens (primary N) is 2. The van der Waals surface area contributed by atoms with Crippen molar-refractivity contribution < 1.29 is 15.0 Å². The summed E-state index contributed by atoms with van der Waals surface area (Å²) in [6.45, 7) is 1.63. The number of hydrogen-bond acceptors (Lipinski definition) is 3. The first-order valence-electron chi connectivity index (χ1n) is 4.12. The molecule has 0 aliphatic carbocycles. The van der Waals surface area contributed by atoms with Gasteiger partial charge in [0.15, 0.2) is 0 Å². The molecule has 0 aromatic rings. The van der Waals surface area contributed by atoms with Gasteiger partial charge in [-0.1, -0.05) is 0 Å². The molecular formula is C7H13N4O2S+. The third kappa shape index (κ3) is 2.63. The van der Waals surface area contributed by atoms with Crippen molar-refractivity contribution in [3.05, 3.63) is 0 Å². The monoisotopic (exact) mass is 217 g/mol. The van der Waals surface area contributed by atoms with Crippen molar-refractivity contribution in [2.75, 3.05) is 5.75 Å². The Balaban J connectivity index is 2.49. The lowest BCUT2D eigenvalue weighted by molar-refractivity contribution is -0.135. The highest BCUT2D eigenvalue weighted by atomic mass is 32.2. The average Bonchev–Trinajstić information content (AvgIpc) is 2.09. The summed E-state index contributed by atoms with van der Waals surface area (Å²) < 4.78 is 0. The van der Waals surface area contributed by atoms with E-state index in [0.717, 1.165) is 11.8 Å². The second kappa shape index (κ2) is 4.32. The predicted molar refractivity (Wildman–Crippen MR) is 53.1 cm³/mol. The minimum absolute atomic E-state index is 0.186. The van der Waals surface area contributed by atoms with Crippen molar-refractivity contribution in [2.45, 2.75) is 19.0 Å². The van der Waals surface area contributed by atoms with Gasteiger partial charge in [-0.05, 0) is 18.7 Å². The fraction of sp³-hybridized carbons (Fsp3) is 0.571. The molecule has 1 aliphatic heterocycles. The summed E-state index contributed by atoms with van der Waals surface area (Å²) >= 11 is 1.14. The molecule has 2 atom stereocenters. The number of amidine groups is 1. The maximum absolute atomic E-state index is 11.3. The summed E-state index contributed by atoms with van der Waals surface area (Å²) in [6.07, 6.45) is 0. The number of thioether (sulfide) groups is 1. The number of carbonyl (C=O) groups excluding carboxylic acids is 2. The van der Waals surface area contributed by atoms with Crippen molar-refractivity contribution in [1.29, 1.82) is 0 Å². The van der Waals surface area contributed by atoms with Crippen LogP contribution in [0.15, 0.2) is 0 Å². The third-order valence-electron chi connectivity index (χ3n) is 1.80. The molecule has 1 rings (SSSR count). The van der Waals surface area contributed by atoms with Crippen LogP contribution in [0.2, 0.25) is 0 Å². The Morgan fingerprint density at radius 1 is 1.50 bits per heavy atom. The van der Waals surface area contributed by atoms with E-state index in [0.29, 0.717) is 5.75 Å². The van der Waals surface area contributed by atoms with Crippen LogP contribution in [0.3, 0.4) is 0 Å². The molecule has 1 aliphatic rings. The van der Waals surface area contributed by atoms with Gasteiger partial charge in [0.1, 0.15) is 12.1 Å². The van der Waals surface area contributed by atoms with Gasteiger partial charge in [0.05, 0.1) is 0 Å². The van der Waals surface area contributed by atoms with Crippen LogP contribution < -0.4 is 21.8 Å². The van der Waals surface area contributed by atoms with Crippen molar-refractivity contribution >= 4 is 28.7 Å². The van der Waals surface area contributed by atoms with Crippen LogP contribution in [-0.2, 0) is 9.59 Å². The van der Waals surface area contributed by atoms with Crippen LogP contribution in [0.25, 0.3) is 0 Å². The molecule has 1 heterocycles. The smallest absolute Gasteiger partial charge is 0.299 e. The van der Waals surface area contributed by atoms with Gasteiger partial charge in [-0.15, -0.1) is 0 Å². The van der Waals surface area contributed by atoms with Gasteiger partial charge in [-0.3, -0.25) is 20.7 Å². The zero-order chi connectivity index (χ0) is 10.7. The quantitative estimate of drug-likeness (QED) is 0.288. The van der Waals surface area contributed by atoms with Crippen LogP contribution in [0.4, 0.5) is 0 Å². The van der Waals surface area contributed by atoms with E-state index in [1.165, 1.54) is 0 Å². The van der Waals surface area contributed by atoms with Crippen molar-refractivity contribution in [1.82, 2.24) is 10.6 Å². The molecular weight excluding hydrogens is 204 g/mol. The van der Waals surface area contributed by atoms with Gasteiger partial charge in [0, 0.05) is 5.75 Å². The molecule has 14 heavy (non-hydrogen) atoms. The molecule has 6 nitrogen and oxygen atoms in total.